The van der Waals surface area contributed by atoms with Gasteiger partial charge in [0.2, 0.25) is 5.95 Å². The highest BCUT2D eigenvalue weighted by atomic mass is 16.2. The van der Waals surface area contributed by atoms with Gasteiger partial charge in [0.05, 0.1) is 17.2 Å². The fourth-order valence-electron chi connectivity index (χ4n) is 2.07. The van der Waals surface area contributed by atoms with Gasteiger partial charge in [0.15, 0.2) is 0 Å². The number of amides is 1. The Bertz CT molecular complexity index is 751. The molecule has 0 atom stereocenters. The molecule has 3 aromatic rings. The lowest BCUT2D eigenvalue weighted by Gasteiger charge is -2.06. The third-order valence-electron chi connectivity index (χ3n) is 2.99. The zero-order valence-electron chi connectivity index (χ0n) is 10.9. The van der Waals surface area contributed by atoms with Gasteiger partial charge < -0.3 is 4.57 Å². The van der Waals surface area contributed by atoms with E-state index in [0.717, 1.165) is 17.6 Å². The number of nitrogens with one attached hydrogen (secondary N) is 1. The molecule has 1 amide bonds. The third-order valence-corrected chi connectivity index (χ3v) is 2.99. The van der Waals surface area contributed by atoms with Crippen LogP contribution in [0.2, 0.25) is 0 Å². The smallest absolute Gasteiger partial charge is 0.278 e. The molecule has 0 fully saturated rings. The van der Waals surface area contributed by atoms with E-state index in [-0.39, 0.29) is 11.6 Å². The topological polar surface area (TPSA) is 72.7 Å². The lowest BCUT2D eigenvalue weighted by molar-refractivity contribution is 0.102. The van der Waals surface area contributed by atoms with E-state index in [9.17, 15) is 4.79 Å². The molecular formula is C14H13N5O. The molecule has 2 heterocycles. The largest absolute Gasteiger partial charge is 0.310 e. The first-order valence-electron chi connectivity index (χ1n) is 6.32. The zero-order chi connectivity index (χ0) is 13.9. The van der Waals surface area contributed by atoms with Gasteiger partial charge in [0.1, 0.15) is 5.69 Å². The van der Waals surface area contributed by atoms with Gasteiger partial charge in [-0.2, -0.15) is 0 Å². The summed E-state index contributed by atoms with van der Waals surface area (Å²) in [6, 6.07) is 7.76. The van der Waals surface area contributed by atoms with Crippen molar-refractivity contribution in [2.75, 3.05) is 5.32 Å². The minimum atomic E-state index is -0.317. The van der Waals surface area contributed by atoms with Gasteiger partial charge in [-0.1, -0.05) is 12.1 Å². The van der Waals surface area contributed by atoms with Crippen molar-refractivity contribution in [3.8, 4) is 0 Å². The Morgan fingerprint density at radius 1 is 1.30 bits per heavy atom. The molecule has 0 bridgehead atoms. The van der Waals surface area contributed by atoms with E-state index < -0.39 is 0 Å². The highest BCUT2D eigenvalue weighted by molar-refractivity contribution is 6.02. The molecule has 1 aromatic carbocycles. The highest BCUT2D eigenvalue weighted by Gasteiger charge is 2.13. The summed E-state index contributed by atoms with van der Waals surface area (Å²) in [6.45, 7) is 2.72. The van der Waals surface area contributed by atoms with Gasteiger partial charge in [-0.15, -0.1) is 0 Å². The van der Waals surface area contributed by atoms with Crippen LogP contribution in [0.4, 0.5) is 5.95 Å². The monoisotopic (exact) mass is 267 g/mol. The van der Waals surface area contributed by atoms with Crippen molar-refractivity contribution < 1.29 is 4.79 Å². The van der Waals surface area contributed by atoms with E-state index in [4.69, 9.17) is 0 Å². The zero-order valence-corrected chi connectivity index (χ0v) is 10.9. The van der Waals surface area contributed by atoms with Crippen molar-refractivity contribution in [3.05, 3.63) is 48.5 Å². The number of nitrogens with zero attached hydrogens (tertiary/aromatic N) is 4. The summed E-state index contributed by atoms with van der Waals surface area (Å²) in [4.78, 5) is 24.4. The van der Waals surface area contributed by atoms with Crippen molar-refractivity contribution in [2.24, 2.45) is 0 Å². The van der Waals surface area contributed by atoms with Crippen LogP contribution in [-0.2, 0) is 6.54 Å². The second-order valence-electron chi connectivity index (χ2n) is 4.21. The Balaban J connectivity index is 1.97. The Kier molecular flexibility index (Phi) is 3.12. The fraction of sp³-hybridized carbons (Fsp3) is 0.143. The number of hydrogen-bond acceptors (Lipinski definition) is 4. The molecule has 1 N–H and O–H groups in total. The summed E-state index contributed by atoms with van der Waals surface area (Å²) >= 11 is 0. The van der Waals surface area contributed by atoms with Gasteiger partial charge in [0, 0.05) is 18.9 Å². The molecule has 0 aliphatic carbocycles. The number of benzene rings is 1. The van der Waals surface area contributed by atoms with Crippen LogP contribution in [0.15, 0.2) is 42.9 Å². The number of rotatable bonds is 3. The number of fused-ring (bicyclic) bond motifs is 1. The normalized spacial score (nSPS) is 10.7. The number of imidazole rings is 1. The first-order valence-corrected chi connectivity index (χ1v) is 6.32. The summed E-state index contributed by atoms with van der Waals surface area (Å²) < 4.78 is 1.95. The van der Waals surface area contributed by atoms with Crippen molar-refractivity contribution in [1.82, 2.24) is 19.5 Å². The molecule has 20 heavy (non-hydrogen) atoms. The van der Waals surface area contributed by atoms with Crippen LogP contribution >= 0.6 is 0 Å². The Morgan fingerprint density at radius 2 is 2.15 bits per heavy atom. The molecular weight excluding hydrogens is 254 g/mol. The summed E-state index contributed by atoms with van der Waals surface area (Å²) in [7, 11) is 0. The van der Waals surface area contributed by atoms with Gasteiger partial charge >= 0.3 is 0 Å². The van der Waals surface area contributed by atoms with Crippen LogP contribution in [0.3, 0.4) is 0 Å². The molecule has 0 aliphatic rings. The van der Waals surface area contributed by atoms with Gasteiger partial charge in [-0.3, -0.25) is 15.1 Å². The minimum Gasteiger partial charge on any atom is -0.310 e. The van der Waals surface area contributed by atoms with E-state index in [0.29, 0.717) is 5.95 Å². The maximum atomic E-state index is 12.1. The first-order chi connectivity index (χ1) is 9.79. The quantitative estimate of drug-likeness (QED) is 0.788. The minimum absolute atomic E-state index is 0.266. The lowest BCUT2D eigenvalue weighted by atomic mass is 10.3. The molecule has 100 valence electrons. The van der Waals surface area contributed by atoms with E-state index in [2.05, 4.69) is 20.3 Å². The SMILES string of the molecule is CCn1c(NC(=O)c2cnccn2)nc2ccccc21. The predicted octanol–water partition coefficient (Wildman–Crippen LogP) is 2.10. The van der Waals surface area contributed by atoms with Crippen molar-refractivity contribution in [1.29, 1.82) is 0 Å². The standard InChI is InChI=1S/C14H13N5O/c1-2-19-12-6-4-3-5-10(12)17-14(19)18-13(20)11-9-15-7-8-16-11/h3-9H,2H2,1H3,(H,17,18,20). The maximum absolute atomic E-state index is 12.1. The van der Waals surface area contributed by atoms with Gasteiger partial charge in [-0.05, 0) is 19.1 Å². The average molecular weight is 267 g/mol. The number of anilines is 1. The van der Waals surface area contributed by atoms with E-state index in [1.807, 2.05) is 35.8 Å². The molecule has 2 aromatic heterocycles. The summed E-state index contributed by atoms with van der Waals surface area (Å²) in [5, 5.41) is 2.78. The lowest BCUT2D eigenvalue weighted by Crippen LogP contribution is -2.17. The summed E-state index contributed by atoms with van der Waals surface area (Å²) in [6.07, 6.45) is 4.43. The van der Waals surface area contributed by atoms with Crippen LogP contribution < -0.4 is 5.32 Å². The van der Waals surface area contributed by atoms with Crippen molar-refractivity contribution in [2.45, 2.75) is 13.5 Å². The van der Waals surface area contributed by atoms with Crippen molar-refractivity contribution in [3.63, 3.8) is 0 Å². The Hall–Kier alpha value is -2.76. The number of carbonyl (C=O) groups is 1. The molecule has 6 heteroatoms. The van der Waals surface area contributed by atoms with Crippen LogP contribution in [0.25, 0.3) is 11.0 Å². The molecule has 0 aliphatic heterocycles. The predicted molar refractivity (Wildman–Crippen MR) is 75.4 cm³/mol. The van der Waals surface area contributed by atoms with Crippen LogP contribution in [0.1, 0.15) is 17.4 Å². The first kappa shape index (κ1) is 12.3. The van der Waals surface area contributed by atoms with Gasteiger partial charge in [-0.25, -0.2) is 9.97 Å². The number of para-hydroxylation sites is 2. The van der Waals surface area contributed by atoms with E-state index in [1.54, 1.807) is 0 Å². The fourth-order valence-corrected chi connectivity index (χ4v) is 2.07. The third kappa shape index (κ3) is 2.11. The summed E-state index contributed by atoms with van der Waals surface area (Å²) in [5.41, 5.74) is 2.11. The molecule has 6 nitrogen and oxygen atoms in total. The number of carbonyl (C=O) groups excluding carboxylic acids is 1. The number of hydrogen-bond donors (Lipinski definition) is 1. The van der Waals surface area contributed by atoms with E-state index in [1.165, 1.54) is 18.6 Å². The Labute approximate surface area is 115 Å². The highest BCUT2D eigenvalue weighted by Crippen LogP contribution is 2.19. The molecule has 3 rings (SSSR count). The molecule has 0 saturated carbocycles. The molecule has 0 radical (unpaired) electrons. The molecule has 0 spiro atoms. The summed E-state index contributed by atoms with van der Waals surface area (Å²) in [5.74, 6) is 0.201. The molecule has 0 unspecified atom stereocenters. The maximum Gasteiger partial charge on any atom is 0.278 e. The average Bonchev–Trinajstić information content (AvgIpc) is 2.85. The van der Waals surface area contributed by atoms with E-state index >= 15 is 0 Å². The second kappa shape index (κ2) is 5.08. The Morgan fingerprint density at radius 3 is 2.90 bits per heavy atom. The van der Waals surface area contributed by atoms with Crippen LogP contribution in [0, 0.1) is 0 Å². The number of aryl methyl sites for hydroxylation is 1. The van der Waals surface area contributed by atoms with Crippen LogP contribution in [0.5, 0.6) is 0 Å². The number of aromatic nitrogens is 4. The second-order valence-corrected chi connectivity index (χ2v) is 4.21. The van der Waals surface area contributed by atoms with Crippen molar-refractivity contribution >= 4 is 22.9 Å². The van der Waals surface area contributed by atoms with Crippen LogP contribution in [-0.4, -0.2) is 25.4 Å². The molecule has 0 saturated heterocycles. The van der Waals surface area contributed by atoms with Gasteiger partial charge in [0.25, 0.3) is 5.91 Å².